The van der Waals surface area contributed by atoms with Gasteiger partial charge >= 0.3 is 0 Å². The highest BCUT2D eigenvalue weighted by Crippen LogP contribution is 2.39. The quantitative estimate of drug-likeness (QED) is 0.861. The van der Waals surface area contributed by atoms with Gasteiger partial charge in [-0.15, -0.1) is 0 Å². The van der Waals surface area contributed by atoms with Crippen LogP contribution in [-0.2, 0) is 10.0 Å². The number of carbonyl (C=O) groups excluding carboxylic acids is 1. The highest BCUT2D eigenvalue weighted by atomic mass is 32.2. The number of benzene rings is 2. The monoisotopic (exact) mass is 374 g/mol. The van der Waals surface area contributed by atoms with E-state index in [1.807, 2.05) is 38.1 Å². The lowest BCUT2D eigenvalue weighted by molar-refractivity contribution is 0.0619. The molecule has 3 rings (SSSR count). The van der Waals surface area contributed by atoms with Crippen molar-refractivity contribution in [3.8, 4) is 5.75 Å². The number of fused-ring (bicyclic) bond motifs is 1. The van der Waals surface area contributed by atoms with Crippen LogP contribution in [0.4, 0.5) is 5.69 Å². The Hall–Kier alpha value is -2.54. The lowest BCUT2D eigenvalue weighted by Gasteiger charge is -2.37. The van der Waals surface area contributed by atoms with Crippen LogP contribution in [0.15, 0.2) is 48.5 Å². The summed E-state index contributed by atoms with van der Waals surface area (Å²) in [7, 11) is -3.40. The van der Waals surface area contributed by atoms with E-state index in [0.717, 1.165) is 17.6 Å². The Bertz CT molecular complexity index is 938. The number of sulfonamides is 1. The van der Waals surface area contributed by atoms with Gasteiger partial charge < -0.3 is 10.1 Å². The molecule has 1 heterocycles. The zero-order chi connectivity index (χ0) is 18.9. The first-order valence-electron chi connectivity index (χ1n) is 8.30. The maximum Gasteiger partial charge on any atom is 0.251 e. The molecule has 138 valence electrons. The molecular formula is C19H22N2O4S. The van der Waals surface area contributed by atoms with E-state index in [9.17, 15) is 13.2 Å². The standard InChI is InChI=1S/C19H22N2O4S/c1-19(2)12-16(15-9-4-5-10-17(15)25-19)20-18(22)13-7-6-8-14(11-13)21-26(3,23)24/h4-11,16,21H,12H2,1-3H3,(H,20,22)/t16-/m1/s1. The molecule has 0 saturated heterocycles. The molecule has 0 bridgehead atoms. The molecule has 6 nitrogen and oxygen atoms in total. The van der Waals surface area contributed by atoms with E-state index in [-0.39, 0.29) is 11.9 Å². The Morgan fingerprint density at radius 1 is 1.15 bits per heavy atom. The molecule has 1 atom stereocenters. The van der Waals surface area contributed by atoms with Crippen LogP contribution < -0.4 is 14.8 Å². The molecule has 2 N–H and O–H groups in total. The van der Waals surface area contributed by atoms with Crippen molar-refractivity contribution in [2.24, 2.45) is 0 Å². The van der Waals surface area contributed by atoms with Crippen LogP contribution in [0.5, 0.6) is 5.75 Å². The van der Waals surface area contributed by atoms with E-state index < -0.39 is 15.6 Å². The number of hydrogen-bond donors (Lipinski definition) is 2. The molecular weight excluding hydrogens is 352 g/mol. The minimum atomic E-state index is -3.40. The summed E-state index contributed by atoms with van der Waals surface area (Å²) in [5.41, 5.74) is 1.28. The van der Waals surface area contributed by atoms with Crippen LogP contribution in [-0.4, -0.2) is 26.2 Å². The normalized spacial score (nSPS) is 18.3. The van der Waals surface area contributed by atoms with Crippen LogP contribution in [0.2, 0.25) is 0 Å². The number of carbonyl (C=O) groups is 1. The third kappa shape index (κ3) is 4.35. The number of amides is 1. The molecule has 1 aliphatic rings. The minimum Gasteiger partial charge on any atom is -0.487 e. The molecule has 0 aromatic heterocycles. The van der Waals surface area contributed by atoms with Crippen molar-refractivity contribution in [1.29, 1.82) is 0 Å². The third-order valence-electron chi connectivity index (χ3n) is 4.11. The topological polar surface area (TPSA) is 84.5 Å². The lowest BCUT2D eigenvalue weighted by Crippen LogP contribution is -2.41. The third-order valence-corrected chi connectivity index (χ3v) is 4.72. The van der Waals surface area contributed by atoms with Gasteiger partial charge in [-0.25, -0.2) is 8.42 Å². The van der Waals surface area contributed by atoms with Crippen molar-refractivity contribution in [1.82, 2.24) is 5.32 Å². The summed E-state index contributed by atoms with van der Waals surface area (Å²) in [5, 5.41) is 3.04. The van der Waals surface area contributed by atoms with E-state index >= 15 is 0 Å². The van der Waals surface area contributed by atoms with Crippen molar-refractivity contribution in [3.63, 3.8) is 0 Å². The molecule has 0 unspecified atom stereocenters. The smallest absolute Gasteiger partial charge is 0.251 e. The van der Waals surface area contributed by atoms with E-state index in [4.69, 9.17) is 4.74 Å². The first kappa shape index (κ1) is 18.3. The molecule has 0 fully saturated rings. The second kappa shape index (κ2) is 6.64. The van der Waals surface area contributed by atoms with Gasteiger partial charge in [-0.3, -0.25) is 9.52 Å². The molecule has 0 aliphatic carbocycles. The average Bonchev–Trinajstić information content (AvgIpc) is 2.52. The van der Waals surface area contributed by atoms with Gasteiger partial charge in [0.2, 0.25) is 10.0 Å². The maximum absolute atomic E-state index is 12.7. The lowest BCUT2D eigenvalue weighted by atomic mass is 9.89. The Labute approximate surface area is 153 Å². The number of para-hydroxylation sites is 1. The Morgan fingerprint density at radius 3 is 2.62 bits per heavy atom. The summed E-state index contributed by atoms with van der Waals surface area (Å²) < 4.78 is 31.1. The molecule has 1 amide bonds. The average molecular weight is 374 g/mol. The predicted molar refractivity (Wildman–Crippen MR) is 101 cm³/mol. The van der Waals surface area contributed by atoms with Gasteiger partial charge in [-0.05, 0) is 38.1 Å². The van der Waals surface area contributed by atoms with Crippen LogP contribution in [0.25, 0.3) is 0 Å². The van der Waals surface area contributed by atoms with Crippen molar-refractivity contribution >= 4 is 21.6 Å². The largest absolute Gasteiger partial charge is 0.487 e. The van der Waals surface area contributed by atoms with Crippen molar-refractivity contribution in [3.05, 3.63) is 59.7 Å². The number of ether oxygens (including phenoxy) is 1. The second-order valence-electron chi connectivity index (χ2n) is 7.08. The zero-order valence-corrected chi connectivity index (χ0v) is 15.8. The first-order chi connectivity index (χ1) is 12.1. The Balaban J connectivity index is 1.83. The summed E-state index contributed by atoms with van der Waals surface area (Å²) in [6.07, 6.45) is 1.71. The summed E-state index contributed by atoms with van der Waals surface area (Å²) in [5.74, 6) is 0.501. The molecule has 26 heavy (non-hydrogen) atoms. The van der Waals surface area contributed by atoms with E-state index in [0.29, 0.717) is 17.7 Å². The van der Waals surface area contributed by atoms with E-state index in [2.05, 4.69) is 10.0 Å². The van der Waals surface area contributed by atoms with Crippen LogP contribution in [0.3, 0.4) is 0 Å². The SMILES string of the molecule is CC1(C)C[C@@H](NC(=O)c2cccc(NS(C)(=O)=O)c2)c2ccccc2O1. The number of nitrogens with one attached hydrogen (secondary N) is 2. The van der Waals surface area contributed by atoms with E-state index in [1.165, 1.54) is 6.07 Å². The molecule has 0 saturated carbocycles. The Kier molecular flexibility index (Phi) is 4.66. The van der Waals surface area contributed by atoms with Crippen LogP contribution in [0.1, 0.15) is 42.2 Å². The number of hydrogen-bond acceptors (Lipinski definition) is 4. The van der Waals surface area contributed by atoms with Gasteiger partial charge in [0.1, 0.15) is 11.4 Å². The maximum atomic E-state index is 12.7. The van der Waals surface area contributed by atoms with Gasteiger partial charge in [0.05, 0.1) is 12.3 Å². The Morgan fingerprint density at radius 2 is 1.88 bits per heavy atom. The first-order valence-corrected chi connectivity index (χ1v) is 10.2. The van der Waals surface area contributed by atoms with Gasteiger partial charge in [0.15, 0.2) is 0 Å². The zero-order valence-electron chi connectivity index (χ0n) is 14.9. The molecule has 0 radical (unpaired) electrons. The summed E-state index contributed by atoms with van der Waals surface area (Å²) in [6, 6.07) is 13.9. The van der Waals surface area contributed by atoms with Gasteiger partial charge in [0, 0.05) is 23.2 Å². The van der Waals surface area contributed by atoms with Crippen molar-refractivity contribution in [2.75, 3.05) is 11.0 Å². The fourth-order valence-corrected chi connectivity index (χ4v) is 3.67. The number of anilines is 1. The fourth-order valence-electron chi connectivity index (χ4n) is 3.11. The van der Waals surface area contributed by atoms with Crippen LogP contribution in [0, 0.1) is 0 Å². The number of rotatable bonds is 4. The van der Waals surface area contributed by atoms with Gasteiger partial charge in [-0.2, -0.15) is 0 Å². The minimum absolute atomic E-state index is 0.186. The second-order valence-corrected chi connectivity index (χ2v) is 8.83. The highest BCUT2D eigenvalue weighted by Gasteiger charge is 2.34. The highest BCUT2D eigenvalue weighted by molar-refractivity contribution is 7.92. The summed E-state index contributed by atoms with van der Waals surface area (Å²) >= 11 is 0. The molecule has 1 aliphatic heterocycles. The van der Waals surface area contributed by atoms with Crippen molar-refractivity contribution < 1.29 is 17.9 Å². The predicted octanol–water partition coefficient (Wildman–Crippen LogP) is 3.09. The summed E-state index contributed by atoms with van der Waals surface area (Å²) in [4.78, 5) is 12.7. The molecule has 2 aromatic carbocycles. The van der Waals surface area contributed by atoms with Gasteiger partial charge in [-0.1, -0.05) is 24.3 Å². The molecule has 7 heteroatoms. The molecule has 2 aromatic rings. The van der Waals surface area contributed by atoms with Crippen molar-refractivity contribution in [2.45, 2.75) is 31.9 Å². The fraction of sp³-hybridized carbons (Fsp3) is 0.316. The molecule has 0 spiro atoms. The van der Waals surface area contributed by atoms with E-state index in [1.54, 1.807) is 18.2 Å². The van der Waals surface area contributed by atoms with Crippen LogP contribution >= 0.6 is 0 Å². The van der Waals surface area contributed by atoms with Gasteiger partial charge in [0.25, 0.3) is 5.91 Å². The summed E-state index contributed by atoms with van der Waals surface area (Å²) in [6.45, 7) is 3.97.